The van der Waals surface area contributed by atoms with E-state index in [1.807, 2.05) is 6.07 Å². The largest absolute Gasteiger partial charge is 0.481 e. The van der Waals surface area contributed by atoms with Crippen molar-refractivity contribution in [3.63, 3.8) is 0 Å². The normalized spacial score (nSPS) is 12.1. The van der Waals surface area contributed by atoms with Gasteiger partial charge in [0, 0.05) is 16.3 Å². The first kappa shape index (κ1) is 19.9. The minimum atomic E-state index is -3.34. The molecule has 26 heavy (non-hydrogen) atoms. The maximum atomic E-state index is 12.0. The monoisotopic (exact) mass is 440 g/mol. The summed E-state index contributed by atoms with van der Waals surface area (Å²) in [6, 6.07) is 12.4. The number of sulfone groups is 1. The van der Waals surface area contributed by atoms with Crippen molar-refractivity contribution in [2.75, 3.05) is 6.26 Å². The predicted octanol–water partition coefficient (Wildman–Crippen LogP) is 2.08. The Kier molecular flexibility index (Phi) is 6.38. The number of rotatable bonds is 5. The molecule has 0 saturated heterocycles. The van der Waals surface area contributed by atoms with Gasteiger partial charge in [-0.05, 0) is 49.4 Å². The van der Waals surface area contributed by atoms with E-state index >= 15 is 0 Å². The summed E-state index contributed by atoms with van der Waals surface area (Å²) in [5.41, 5.74) is 4.73. The Labute approximate surface area is 159 Å². The Hall–Kier alpha value is -2.39. The fraction of sp³-hybridized carbons (Fsp3) is 0.176. The molecule has 2 aromatic carbocycles. The molecule has 0 unspecified atom stereocenters. The molecule has 2 N–H and O–H groups in total. The second-order valence-electron chi connectivity index (χ2n) is 5.46. The summed E-state index contributed by atoms with van der Waals surface area (Å²) >= 11 is 3.31. The average Bonchev–Trinajstić information content (AvgIpc) is 2.58. The highest BCUT2D eigenvalue weighted by Gasteiger charge is 2.16. The lowest BCUT2D eigenvalue weighted by atomic mass is 10.2. The third-order valence-corrected chi connectivity index (χ3v) is 4.94. The van der Waals surface area contributed by atoms with E-state index in [1.165, 1.54) is 24.3 Å². The third kappa shape index (κ3) is 5.57. The predicted molar refractivity (Wildman–Crippen MR) is 99.4 cm³/mol. The van der Waals surface area contributed by atoms with Crippen LogP contribution in [-0.2, 0) is 14.6 Å². The summed E-state index contributed by atoms with van der Waals surface area (Å²) in [6.07, 6.45) is 0.242. The lowest BCUT2D eigenvalue weighted by molar-refractivity contribution is -0.128. The van der Waals surface area contributed by atoms with Crippen molar-refractivity contribution in [2.45, 2.75) is 17.9 Å². The van der Waals surface area contributed by atoms with Crippen molar-refractivity contribution in [1.29, 1.82) is 0 Å². The van der Waals surface area contributed by atoms with Crippen LogP contribution in [0.2, 0.25) is 0 Å². The van der Waals surface area contributed by atoms with Crippen molar-refractivity contribution in [2.24, 2.45) is 0 Å². The maximum Gasteiger partial charge on any atom is 0.279 e. The van der Waals surface area contributed by atoms with Crippen LogP contribution >= 0.6 is 15.9 Å². The third-order valence-electron chi connectivity index (χ3n) is 3.32. The zero-order chi connectivity index (χ0) is 19.3. The molecular weight excluding hydrogens is 424 g/mol. The van der Waals surface area contributed by atoms with Crippen LogP contribution in [0.3, 0.4) is 0 Å². The van der Waals surface area contributed by atoms with E-state index in [1.54, 1.807) is 25.1 Å². The van der Waals surface area contributed by atoms with Crippen LogP contribution < -0.4 is 15.6 Å². The van der Waals surface area contributed by atoms with E-state index in [4.69, 9.17) is 4.74 Å². The summed E-state index contributed by atoms with van der Waals surface area (Å²) in [6.45, 7) is 1.54. The van der Waals surface area contributed by atoms with Crippen molar-refractivity contribution >= 4 is 37.6 Å². The minimum absolute atomic E-state index is 0.106. The molecule has 0 aromatic heterocycles. The molecule has 0 spiro atoms. The van der Waals surface area contributed by atoms with Crippen LogP contribution in [0.1, 0.15) is 17.3 Å². The van der Waals surface area contributed by atoms with E-state index in [-0.39, 0.29) is 10.5 Å². The maximum absolute atomic E-state index is 12.0. The number of carbonyl (C=O) groups excluding carboxylic acids is 2. The van der Waals surface area contributed by atoms with Crippen molar-refractivity contribution in [1.82, 2.24) is 10.9 Å². The summed E-state index contributed by atoms with van der Waals surface area (Å²) in [4.78, 5) is 24.1. The number of amides is 2. The summed E-state index contributed by atoms with van der Waals surface area (Å²) in [7, 11) is -3.34. The Morgan fingerprint density at radius 1 is 1.08 bits per heavy atom. The van der Waals surface area contributed by atoms with Crippen molar-refractivity contribution in [3.05, 3.63) is 58.6 Å². The number of carbonyl (C=O) groups is 2. The lowest BCUT2D eigenvalue weighted by Gasteiger charge is -2.15. The molecule has 0 heterocycles. The van der Waals surface area contributed by atoms with Gasteiger partial charge < -0.3 is 4.74 Å². The standard InChI is InChI=1S/C17H17BrN2O5S/c1-11(25-14-5-3-4-13(18)10-14)16(21)19-20-17(22)12-6-8-15(9-7-12)26(2,23)24/h3-11H,1-2H3,(H,19,21)(H,20,22)/t11-/m1/s1. The molecule has 0 saturated carbocycles. The van der Waals surface area contributed by atoms with Gasteiger partial charge in [-0.3, -0.25) is 20.4 Å². The first-order valence-corrected chi connectivity index (χ1v) is 10.2. The number of ether oxygens (including phenoxy) is 1. The van der Waals surface area contributed by atoms with Gasteiger partial charge in [0.05, 0.1) is 4.90 Å². The summed E-state index contributed by atoms with van der Waals surface area (Å²) in [5.74, 6) is -0.608. The molecule has 0 aliphatic carbocycles. The molecule has 0 aliphatic rings. The van der Waals surface area contributed by atoms with Gasteiger partial charge in [-0.2, -0.15) is 0 Å². The molecule has 0 radical (unpaired) electrons. The van der Waals surface area contributed by atoms with Crippen LogP contribution in [0.15, 0.2) is 57.9 Å². The van der Waals surface area contributed by atoms with Gasteiger partial charge >= 0.3 is 0 Å². The number of nitrogens with one attached hydrogen (secondary N) is 2. The molecule has 0 fully saturated rings. The number of hydrogen-bond acceptors (Lipinski definition) is 5. The summed E-state index contributed by atoms with van der Waals surface area (Å²) in [5, 5.41) is 0. The zero-order valence-corrected chi connectivity index (χ0v) is 16.4. The number of hydrazine groups is 1. The van der Waals surface area contributed by atoms with Crippen LogP contribution in [0, 0.1) is 0 Å². The first-order chi connectivity index (χ1) is 12.2. The quantitative estimate of drug-likeness (QED) is 0.692. The zero-order valence-electron chi connectivity index (χ0n) is 14.0. The number of hydrogen-bond donors (Lipinski definition) is 2. The van der Waals surface area contributed by atoms with Crippen LogP contribution in [0.5, 0.6) is 5.75 Å². The fourth-order valence-corrected chi connectivity index (χ4v) is 2.95. The molecule has 1 atom stereocenters. The second kappa shape index (κ2) is 8.33. The van der Waals surface area contributed by atoms with E-state index < -0.39 is 27.8 Å². The van der Waals surface area contributed by atoms with E-state index in [2.05, 4.69) is 26.8 Å². The molecule has 138 valence electrons. The van der Waals surface area contributed by atoms with Gasteiger partial charge in [-0.15, -0.1) is 0 Å². The first-order valence-electron chi connectivity index (χ1n) is 7.49. The minimum Gasteiger partial charge on any atom is -0.481 e. The highest BCUT2D eigenvalue weighted by Crippen LogP contribution is 2.18. The topological polar surface area (TPSA) is 102 Å². The second-order valence-corrected chi connectivity index (χ2v) is 8.39. The summed E-state index contributed by atoms with van der Waals surface area (Å²) < 4.78 is 29.1. The molecular formula is C17H17BrN2O5S. The highest BCUT2D eigenvalue weighted by molar-refractivity contribution is 9.10. The van der Waals surface area contributed by atoms with E-state index in [0.29, 0.717) is 5.75 Å². The van der Waals surface area contributed by atoms with Crippen molar-refractivity contribution < 1.29 is 22.7 Å². The van der Waals surface area contributed by atoms with Crippen LogP contribution in [0.4, 0.5) is 0 Å². The molecule has 2 amide bonds. The van der Waals surface area contributed by atoms with Gasteiger partial charge in [0.25, 0.3) is 11.8 Å². The Bertz CT molecular complexity index is 913. The molecule has 0 bridgehead atoms. The molecule has 7 nitrogen and oxygen atoms in total. The van der Waals surface area contributed by atoms with Gasteiger partial charge in [-0.1, -0.05) is 22.0 Å². The smallest absolute Gasteiger partial charge is 0.279 e. The Morgan fingerprint density at radius 3 is 2.31 bits per heavy atom. The van der Waals surface area contributed by atoms with Crippen LogP contribution in [0.25, 0.3) is 0 Å². The number of benzene rings is 2. The molecule has 2 aromatic rings. The van der Waals surface area contributed by atoms with Crippen LogP contribution in [-0.4, -0.2) is 32.6 Å². The highest BCUT2D eigenvalue weighted by atomic mass is 79.9. The van der Waals surface area contributed by atoms with Gasteiger partial charge in [0.15, 0.2) is 15.9 Å². The molecule has 2 rings (SSSR count). The van der Waals surface area contributed by atoms with Crippen molar-refractivity contribution in [3.8, 4) is 5.75 Å². The SMILES string of the molecule is C[C@@H](Oc1cccc(Br)c1)C(=O)NNC(=O)c1ccc(S(C)(=O)=O)cc1. The molecule has 0 aliphatic heterocycles. The Balaban J connectivity index is 1.90. The Morgan fingerprint density at radius 2 is 1.73 bits per heavy atom. The van der Waals surface area contributed by atoms with Gasteiger partial charge in [-0.25, -0.2) is 8.42 Å². The average molecular weight is 441 g/mol. The lowest BCUT2D eigenvalue weighted by Crippen LogP contribution is -2.47. The van der Waals surface area contributed by atoms with E-state index in [0.717, 1.165) is 10.7 Å². The molecule has 9 heteroatoms. The van der Waals surface area contributed by atoms with Gasteiger partial charge in [0.1, 0.15) is 5.75 Å². The number of halogens is 1. The fourth-order valence-electron chi connectivity index (χ4n) is 1.94. The van der Waals surface area contributed by atoms with E-state index in [9.17, 15) is 18.0 Å². The van der Waals surface area contributed by atoms with Gasteiger partial charge in [0.2, 0.25) is 0 Å².